The fourth-order valence-corrected chi connectivity index (χ4v) is 4.17. The Balaban J connectivity index is 1.41. The molecule has 2 saturated carbocycles. The maximum Gasteiger partial charge on any atom is 0.339 e. The summed E-state index contributed by atoms with van der Waals surface area (Å²) >= 11 is 0. The lowest BCUT2D eigenvalue weighted by atomic mass is 9.85. The highest BCUT2D eigenvalue weighted by Crippen LogP contribution is 2.28. The van der Waals surface area contributed by atoms with Gasteiger partial charge in [-0.3, -0.25) is 9.59 Å². The molecular weight excluding hydrogens is 348 g/mol. The van der Waals surface area contributed by atoms with Gasteiger partial charge >= 0.3 is 5.97 Å². The van der Waals surface area contributed by atoms with E-state index in [0.29, 0.717) is 11.5 Å². The van der Waals surface area contributed by atoms with Crippen molar-refractivity contribution in [1.29, 1.82) is 0 Å². The summed E-state index contributed by atoms with van der Waals surface area (Å²) in [5.74, 6) is -0.00440. The van der Waals surface area contributed by atoms with Crippen molar-refractivity contribution < 1.29 is 23.9 Å². The zero-order chi connectivity index (χ0) is 19.4. The molecule has 0 radical (unpaired) electrons. The molecule has 2 aliphatic rings. The van der Waals surface area contributed by atoms with Crippen molar-refractivity contribution in [2.45, 2.75) is 70.9 Å². The van der Waals surface area contributed by atoms with Crippen LogP contribution < -0.4 is 10.6 Å². The molecule has 3 N–H and O–H groups in total. The van der Waals surface area contributed by atoms with E-state index in [1.165, 1.54) is 6.07 Å². The second kappa shape index (κ2) is 8.59. The van der Waals surface area contributed by atoms with Gasteiger partial charge in [0.05, 0.1) is 6.54 Å². The fraction of sp³-hybridized carbons (Fsp3) is 0.650. The SMILES string of the molecule is Cc1oc(CNC(=O)C2CCC(NC(=O)C3CCCC3)CC2)cc1C(=O)O. The molecule has 0 atom stereocenters. The zero-order valence-corrected chi connectivity index (χ0v) is 15.8. The number of aromatic carboxylic acids is 1. The molecule has 1 aromatic rings. The summed E-state index contributed by atoms with van der Waals surface area (Å²) in [5.41, 5.74) is 0.123. The molecule has 2 amide bonds. The highest BCUT2D eigenvalue weighted by atomic mass is 16.4. The first-order chi connectivity index (χ1) is 12.9. The fourth-order valence-electron chi connectivity index (χ4n) is 4.17. The average molecular weight is 376 g/mol. The van der Waals surface area contributed by atoms with Crippen LogP contribution in [-0.2, 0) is 16.1 Å². The van der Waals surface area contributed by atoms with Gasteiger partial charge in [0.25, 0.3) is 0 Å². The Morgan fingerprint density at radius 3 is 2.26 bits per heavy atom. The molecule has 0 unspecified atom stereocenters. The first kappa shape index (κ1) is 19.5. The number of furan rings is 1. The van der Waals surface area contributed by atoms with Crippen LogP contribution in [0.2, 0.25) is 0 Å². The van der Waals surface area contributed by atoms with Crippen LogP contribution in [0.15, 0.2) is 10.5 Å². The van der Waals surface area contributed by atoms with Crippen molar-refractivity contribution in [2.24, 2.45) is 11.8 Å². The third-order valence-corrected chi connectivity index (χ3v) is 5.81. The number of carboxylic acid groups (broad SMARTS) is 1. The Hall–Kier alpha value is -2.31. The van der Waals surface area contributed by atoms with E-state index in [4.69, 9.17) is 9.52 Å². The van der Waals surface area contributed by atoms with Crippen LogP contribution in [-0.4, -0.2) is 28.9 Å². The van der Waals surface area contributed by atoms with E-state index >= 15 is 0 Å². The lowest BCUT2D eigenvalue weighted by Crippen LogP contribution is -2.42. The number of amides is 2. The molecule has 2 aliphatic carbocycles. The molecule has 0 bridgehead atoms. The average Bonchev–Trinajstić information content (AvgIpc) is 3.30. The predicted octanol–water partition coefficient (Wildman–Crippen LogP) is 2.77. The van der Waals surface area contributed by atoms with Gasteiger partial charge in [-0.1, -0.05) is 12.8 Å². The number of rotatable bonds is 6. The van der Waals surface area contributed by atoms with Gasteiger partial charge in [-0.2, -0.15) is 0 Å². The van der Waals surface area contributed by atoms with Crippen molar-refractivity contribution >= 4 is 17.8 Å². The predicted molar refractivity (Wildman–Crippen MR) is 98.1 cm³/mol. The number of nitrogens with one attached hydrogen (secondary N) is 2. The van der Waals surface area contributed by atoms with E-state index in [-0.39, 0.29) is 41.8 Å². The van der Waals surface area contributed by atoms with Gasteiger partial charge < -0.3 is 20.2 Å². The number of aryl methyl sites for hydroxylation is 1. The summed E-state index contributed by atoms with van der Waals surface area (Å²) in [7, 11) is 0. The Kier molecular flexibility index (Phi) is 6.19. The maximum absolute atomic E-state index is 12.4. The summed E-state index contributed by atoms with van der Waals surface area (Å²) in [5, 5.41) is 15.0. The van der Waals surface area contributed by atoms with Gasteiger partial charge in [-0.05, 0) is 51.5 Å². The van der Waals surface area contributed by atoms with Gasteiger partial charge in [0.2, 0.25) is 11.8 Å². The molecule has 0 spiro atoms. The van der Waals surface area contributed by atoms with E-state index in [9.17, 15) is 14.4 Å². The number of hydrogen-bond acceptors (Lipinski definition) is 4. The third-order valence-electron chi connectivity index (χ3n) is 5.81. The molecule has 0 aromatic carbocycles. The smallest absolute Gasteiger partial charge is 0.339 e. The Morgan fingerprint density at radius 2 is 1.67 bits per heavy atom. The minimum Gasteiger partial charge on any atom is -0.478 e. The molecule has 0 aliphatic heterocycles. The van der Waals surface area contributed by atoms with Gasteiger partial charge in [0.1, 0.15) is 17.1 Å². The molecular formula is C20H28N2O5. The van der Waals surface area contributed by atoms with E-state index in [1.54, 1.807) is 6.92 Å². The lowest BCUT2D eigenvalue weighted by Gasteiger charge is -2.29. The number of hydrogen-bond donors (Lipinski definition) is 3. The molecule has 3 rings (SSSR count). The Bertz CT molecular complexity index is 697. The number of carboxylic acids is 1. The van der Waals surface area contributed by atoms with Gasteiger partial charge in [0, 0.05) is 17.9 Å². The van der Waals surface area contributed by atoms with Crippen LogP contribution in [0, 0.1) is 18.8 Å². The standard InChI is InChI=1S/C20H28N2O5/c1-12-17(20(25)26)10-16(27-12)11-21-18(23)14-6-8-15(9-7-14)22-19(24)13-4-2-3-5-13/h10,13-15H,2-9,11H2,1H3,(H,21,23)(H,22,24)(H,25,26). The molecule has 148 valence electrons. The van der Waals surface area contributed by atoms with Gasteiger partial charge in [-0.25, -0.2) is 4.79 Å². The lowest BCUT2D eigenvalue weighted by molar-refractivity contribution is -0.127. The van der Waals surface area contributed by atoms with Crippen molar-refractivity contribution in [3.63, 3.8) is 0 Å². The van der Waals surface area contributed by atoms with E-state index in [1.807, 2.05) is 0 Å². The third kappa shape index (κ3) is 4.90. The molecule has 1 heterocycles. The van der Waals surface area contributed by atoms with E-state index in [2.05, 4.69) is 10.6 Å². The topological polar surface area (TPSA) is 109 Å². The van der Waals surface area contributed by atoms with Gasteiger partial charge in [-0.15, -0.1) is 0 Å². The summed E-state index contributed by atoms with van der Waals surface area (Å²) in [6, 6.07) is 1.63. The first-order valence-electron chi connectivity index (χ1n) is 9.84. The molecule has 1 aromatic heterocycles. The monoisotopic (exact) mass is 376 g/mol. The van der Waals surface area contributed by atoms with E-state index in [0.717, 1.165) is 51.4 Å². The van der Waals surface area contributed by atoms with Crippen molar-refractivity contribution in [3.8, 4) is 0 Å². The van der Waals surface area contributed by atoms with Crippen molar-refractivity contribution in [2.75, 3.05) is 0 Å². The quantitative estimate of drug-likeness (QED) is 0.707. The highest BCUT2D eigenvalue weighted by molar-refractivity contribution is 5.88. The summed E-state index contributed by atoms with van der Waals surface area (Å²) in [4.78, 5) is 35.6. The van der Waals surface area contributed by atoms with Crippen LogP contribution in [0.25, 0.3) is 0 Å². The molecule has 27 heavy (non-hydrogen) atoms. The van der Waals surface area contributed by atoms with Crippen molar-refractivity contribution in [3.05, 3.63) is 23.2 Å². The summed E-state index contributed by atoms with van der Waals surface area (Å²) < 4.78 is 5.38. The summed E-state index contributed by atoms with van der Waals surface area (Å²) in [6.45, 7) is 1.78. The number of carbonyl (C=O) groups is 3. The Morgan fingerprint density at radius 1 is 1.04 bits per heavy atom. The summed E-state index contributed by atoms with van der Waals surface area (Å²) in [6.07, 6.45) is 7.43. The zero-order valence-electron chi connectivity index (χ0n) is 15.8. The van der Waals surface area contributed by atoms with Crippen LogP contribution in [0.5, 0.6) is 0 Å². The van der Waals surface area contributed by atoms with Gasteiger partial charge in [0.15, 0.2) is 0 Å². The van der Waals surface area contributed by atoms with Crippen LogP contribution in [0.1, 0.15) is 73.2 Å². The van der Waals surface area contributed by atoms with Crippen LogP contribution in [0.4, 0.5) is 0 Å². The minimum absolute atomic E-state index is 0.0403. The van der Waals surface area contributed by atoms with Crippen molar-refractivity contribution in [1.82, 2.24) is 10.6 Å². The number of carbonyl (C=O) groups excluding carboxylic acids is 2. The Labute approximate surface area is 158 Å². The molecule has 0 saturated heterocycles. The minimum atomic E-state index is -1.04. The maximum atomic E-state index is 12.4. The molecule has 7 heteroatoms. The first-order valence-corrected chi connectivity index (χ1v) is 9.84. The largest absolute Gasteiger partial charge is 0.478 e. The highest BCUT2D eigenvalue weighted by Gasteiger charge is 2.29. The molecule has 7 nitrogen and oxygen atoms in total. The normalized spacial score (nSPS) is 23.1. The second-order valence-corrected chi connectivity index (χ2v) is 7.74. The van der Waals surface area contributed by atoms with E-state index < -0.39 is 5.97 Å². The molecule has 2 fully saturated rings. The second-order valence-electron chi connectivity index (χ2n) is 7.74. The van der Waals surface area contributed by atoms with Crippen LogP contribution in [0.3, 0.4) is 0 Å². The van der Waals surface area contributed by atoms with Crippen LogP contribution >= 0.6 is 0 Å².